The predicted octanol–water partition coefficient (Wildman–Crippen LogP) is 1.71. The minimum Gasteiger partial charge on any atom is -0.296 e. The van der Waals surface area contributed by atoms with E-state index in [2.05, 4.69) is 18.8 Å². The van der Waals surface area contributed by atoms with Crippen LogP contribution >= 0.6 is 12.2 Å². The average molecular weight is 115 g/mol. The van der Waals surface area contributed by atoms with E-state index < -0.39 is 0 Å². The maximum absolute atomic E-state index is 10.0. The summed E-state index contributed by atoms with van der Waals surface area (Å²) in [5, 5.41) is 11.6. The number of thiocarbonyl (C=S) groups is 1. The van der Waals surface area contributed by atoms with E-state index in [1.165, 1.54) is 0 Å². The Bertz CT molecular complexity index is 78.1. The van der Waals surface area contributed by atoms with Gasteiger partial charge >= 0.3 is 0 Å². The van der Waals surface area contributed by atoms with Gasteiger partial charge in [-0.25, -0.2) is 0 Å². The highest BCUT2D eigenvalue weighted by Gasteiger charge is 1.85. The molecule has 0 aliphatic carbocycles. The van der Waals surface area contributed by atoms with Crippen molar-refractivity contribution >= 4 is 17.6 Å². The minimum absolute atomic E-state index is 0.0406. The van der Waals surface area contributed by atoms with Gasteiger partial charge in [-0.1, -0.05) is 18.8 Å². The molecule has 0 aliphatic heterocycles. The molecule has 0 rings (SSSR count). The summed E-state index contributed by atoms with van der Waals surface area (Å²) >= 11 is 4.47. The molecule has 0 atom stereocenters. The fourth-order valence-electron chi connectivity index (χ4n) is 0.220. The summed E-state index contributed by atoms with van der Waals surface area (Å²) in [4.78, 5) is 0. The second-order valence-corrected chi connectivity index (χ2v) is 1.58. The van der Waals surface area contributed by atoms with Crippen LogP contribution in [0.4, 0.5) is 0 Å². The van der Waals surface area contributed by atoms with E-state index in [1.54, 1.807) is 5.37 Å². The molecular formula is C5H7OS. The van der Waals surface area contributed by atoms with E-state index in [0.717, 1.165) is 0 Å². The van der Waals surface area contributed by atoms with Gasteiger partial charge in [0.05, 0.1) is 0 Å². The fraction of sp³-hybridized carbons (Fsp3) is 0.400. The van der Waals surface area contributed by atoms with Crippen LogP contribution in [-0.4, -0.2) is 5.37 Å². The minimum atomic E-state index is -0.0406. The molecule has 0 spiro atoms. The van der Waals surface area contributed by atoms with Gasteiger partial charge in [0, 0.05) is 6.42 Å². The van der Waals surface area contributed by atoms with Crippen LogP contribution in [0.5, 0.6) is 0 Å². The quantitative estimate of drug-likeness (QED) is 0.405. The molecule has 0 aliphatic rings. The first-order valence-electron chi connectivity index (χ1n) is 2.06. The molecule has 0 unspecified atom stereocenters. The molecule has 0 bridgehead atoms. The molecule has 0 N–H and O–H groups in total. The highest BCUT2D eigenvalue weighted by atomic mass is 32.1. The Morgan fingerprint density at radius 1 is 1.86 bits per heavy atom. The van der Waals surface area contributed by atoms with Gasteiger partial charge in [-0.2, -0.15) is 0 Å². The van der Waals surface area contributed by atoms with Crippen molar-refractivity contribution in [3.8, 4) is 0 Å². The summed E-state index contributed by atoms with van der Waals surface area (Å²) in [6.45, 7) is 3.17. The van der Waals surface area contributed by atoms with Gasteiger partial charge in [0.2, 0.25) is 0 Å². The van der Waals surface area contributed by atoms with Gasteiger partial charge < -0.3 is 0 Å². The number of rotatable bonds is 3. The van der Waals surface area contributed by atoms with E-state index >= 15 is 0 Å². The summed E-state index contributed by atoms with van der Waals surface area (Å²) in [6, 6.07) is 0. The first kappa shape index (κ1) is 6.63. The van der Waals surface area contributed by atoms with Crippen LogP contribution in [0.2, 0.25) is 0 Å². The standard InChI is InChI=1S/C5H7OS/c1-5(6)3-2-4-7/h4H,1-3H2. The molecule has 0 saturated carbocycles. The maximum atomic E-state index is 10.0. The lowest BCUT2D eigenvalue weighted by atomic mass is 10.3. The van der Waals surface area contributed by atoms with Gasteiger partial charge in [-0.05, 0) is 11.8 Å². The Labute approximate surface area is 48.7 Å². The summed E-state index contributed by atoms with van der Waals surface area (Å²) in [5.41, 5.74) is 0. The molecule has 0 fully saturated rings. The molecule has 0 heterocycles. The largest absolute Gasteiger partial charge is 0.296 e. The fourth-order valence-corrected chi connectivity index (χ4v) is 0.338. The summed E-state index contributed by atoms with van der Waals surface area (Å²) in [5.74, 6) is -0.0406. The van der Waals surface area contributed by atoms with Crippen molar-refractivity contribution in [1.82, 2.24) is 0 Å². The molecule has 0 aromatic heterocycles. The van der Waals surface area contributed by atoms with E-state index in [1.807, 2.05) is 0 Å². The average Bonchev–Trinajstić information content (AvgIpc) is 1.61. The molecule has 39 valence electrons. The molecule has 0 aromatic rings. The zero-order chi connectivity index (χ0) is 5.70. The lowest BCUT2D eigenvalue weighted by molar-refractivity contribution is 0.286. The second-order valence-electron chi connectivity index (χ2n) is 1.24. The molecular weight excluding hydrogens is 108 g/mol. The van der Waals surface area contributed by atoms with Crippen LogP contribution in [0.1, 0.15) is 12.8 Å². The van der Waals surface area contributed by atoms with Gasteiger partial charge in [-0.15, -0.1) is 0 Å². The topological polar surface area (TPSA) is 19.9 Å². The van der Waals surface area contributed by atoms with Crippen LogP contribution in [0.15, 0.2) is 12.3 Å². The summed E-state index contributed by atoms with van der Waals surface area (Å²) in [7, 11) is 0. The van der Waals surface area contributed by atoms with Crippen LogP contribution in [0.3, 0.4) is 0 Å². The number of allylic oxidation sites excluding steroid dienone is 1. The Morgan fingerprint density at radius 3 is 2.57 bits per heavy atom. The zero-order valence-electron chi connectivity index (χ0n) is 4.02. The SMILES string of the molecule is C=C([O])CCC=S. The summed E-state index contributed by atoms with van der Waals surface area (Å²) < 4.78 is 0. The third-order valence-electron chi connectivity index (χ3n) is 0.541. The van der Waals surface area contributed by atoms with Crippen LogP contribution in [0.25, 0.3) is 0 Å². The number of hydrogen-bond donors (Lipinski definition) is 0. The third-order valence-corrected chi connectivity index (χ3v) is 0.777. The van der Waals surface area contributed by atoms with E-state index in [9.17, 15) is 5.11 Å². The normalized spacial score (nSPS) is 8.00. The van der Waals surface area contributed by atoms with Crippen molar-refractivity contribution in [2.45, 2.75) is 12.8 Å². The lowest BCUT2D eigenvalue weighted by Gasteiger charge is -1.82. The monoisotopic (exact) mass is 115 g/mol. The van der Waals surface area contributed by atoms with Crippen molar-refractivity contribution < 1.29 is 5.11 Å². The van der Waals surface area contributed by atoms with E-state index in [0.29, 0.717) is 12.8 Å². The highest BCUT2D eigenvalue weighted by molar-refractivity contribution is 7.78. The molecule has 1 nitrogen and oxygen atoms in total. The predicted molar refractivity (Wildman–Crippen MR) is 32.7 cm³/mol. The highest BCUT2D eigenvalue weighted by Crippen LogP contribution is 1.94. The van der Waals surface area contributed by atoms with Crippen LogP contribution < -0.4 is 0 Å². The smallest absolute Gasteiger partial charge is 0.148 e. The van der Waals surface area contributed by atoms with Gasteiger partial charge in [-0.3, -0.25) is 5.11 Å². The van der Waals surface area contributed by atoms with Gasteiger partial charge in [0.1, 0.15) is 5.76 Å². The number of hydrogen-bond acceptors (Lipinski definition) is 1. The molecule has 1 radical (unpaired) electrons. The molecule has 2 heteroatoms. The first-order chi connectivity index (χ1) is 3.27. The maximum Gasteiger partial charge on any atom is 0.148 e. The second kappa shape index (κ2) is 3.81. The van der Waals surface area contributed by atoms with E-state index in [-0.39, 0.29) is 5.76 Å². The Hall–Kier alpha value is -0.370. The zero-order valence-corrected chi connectivity index (χ0v) is 4.83. The van der Waals surface area contributed by atoms with Crippen LogP contribution in [0, 0.1) is 0 Å². The van der Waals surface area contributed by atoms with Crippen molar-refractivity contribution in [3.63, 3.8) is 0 Å². The van der Waals surface area contributed by atoms with Crippen molar-refractivity contribution in [2.24, 2.45) is 0 Å². The van der Waals surface area contributed by atoms with Gasteiger partial charge in [0.15, 0.2) is 0 Å². The van der Waals surface area contributed by atoms with Crippen molar-refractivity contribution in [1.29, 1.82) is 0 Å². The summed E-state index contributed by atoms with van der Waals surface area (Å²) in [6.07, 6.45) is 1.17. The van der Waals surface area contributed by atoms with Crippen molar-refractivity contribution in [3.05, 3.63) is 12.3 Å². The van der Waals surface area contributed by atoms with Gasteiger partial charge in [0.25, 0.3) is 0 Å². The molecule has 0 saturated heterocycles. The Kier molecular flexibility index (Phi) is 3.61. The third kappa shape index (κ3) is 5.63. The lowest BCUT2D eigenvalue weighted by Crippen LogP contribution is -1.74. The molecule has 0 aromatic carbocycles. The molecule has 7 heavy (non-hydrogen) atoms. The molecule has 0 amide bonds. The van der Waals surface area contributed by atoms with E-state index in [4.69, 9.17) is 0 Å². The van der Waals surface area contributed by atoms with Crippen LogP contribution in [-0.2, 0) is 5.11 Å². The van der Waals surface area contributed by atoms with Crippen molar-refractivity contribution in [2.75, 3.05) is 0 Å². The Balaban J connectivity index is 2.97. The Morgan fingerprint density at radius 2 is 2.43 bits per heavy atom. The first-order valence-corrected chi connectivity index (χ1v) is 2.53.